The van der Waals surface area contributed by atoms with Gasteiger partial charge in [0.2, 0.25) is 0 Å². The summed E-state index contributed by atoms with van der Waals surface area (Å²) >= 11 is 0. The second-order valence-electron chi connectivity index (χ2n) is 5.69. The lowest BCUT2D eigenvalue weighted by Crippen LogP contribution is -2.31. The van der Waals surface area contributed by atoms with E-state index in [-0.39, 0.29) is 17.7 Å². The molecule has 0 spiro atoms. The third-order valence-corrected chi connectivity index (χ3v) is 4.28. The summed E-state index contributed by atoms with van der Waals surface area (Å²) in [4.78, 5) is 18.2. The Kier molecular flexibility index (Phi) is 4.46. The van der Waals surface area contributed by atoms with E-state index in [1.807, 2.05) is 48.0 Å². The number of aliphatic hydroxyl groups excluding tert-OH is 1. The summed E-state index contributed by atoms with van der Waals surface area (Å²) in [6, 6.07) is 9.75. The molecule has 5 heteroatoms. The van der Waals surface area contributed by atoms with E-state index in [0.717, 1.165) is 24.1 Å². The van der Waals surface area contributed by atoms with Gasteiger partial charge in [-0.05, 0) is 18.4 Å². The minimum atomic E-state index is -0.263. The van der Waals surface area contributed by atoms with E-state index in [1.54, 1.807) is 17.4 Å². The van der Waals surface area contributed by atoms with Crippen molar-refractivity contribution in [2.75, 3.05) is 6.54 Å². The number of amides is 1. The zero-order chi connectivity index (χ0) is 16.2. The van der Waals surface area contributed by atoms with E-state index in [9.17, 15) is 9.90 Å². The van der Waals surface area contributed by atoms with Gasteiger partial charge in [0, 0.05) is 31.1 Å². The van der Waals surface area contributed by atoms with Crippen LogP contribution in [-0.2, 0) is 11.3 Å². The maximum Gasteiger partial charge on any atom is 0.289 e. The van der Waals surface area contributed by atoms with Gasteiger partial charge in [-0.3, -0.25) is 4.79 Å². The molecule has 0 saturated carbocycles. The average Bonchev–Trinajstić information content (AvgIpc) is 3.17. The van der Waals surface area contributed by atoms with Gasteiger partial charge in [0.15, 0.2) is 5.76 Å². The zero-order valence-electron chi connectivity index (χ0n) is 13.2. The van der Waals surface area contributed by atoms with E-state index in [1.165, 1.54) is 0 Å². The Labute approximate surface area is 135 Å². The van der Waals surface area contributed by atoms with Gasteiger partial charge in [-0.2, -0.15) is 0 Å². The SMILES string of the molecule is CCC1=C(O)C(=O)N(CCCn2ccnc2)C1c1ccccc1. The number of hydrogen-bond donors (Lipinski definition) is 1. The first-order chi connectivity index (χ1) is 11.2. The van der Waals surface area contributed by atoms with Crippen LogP contribution >= 0.6 is 0 Å². The predicted molar refractivity (Wildman–Crippen MR) is 87.7 cm³/mol. The number of hydrogen-bond acceptors (Lipinski definition) is 3. The summed E-state index contributed by atoms with van der Waals surface area (Å²) in [5.41, 5.74) is 1.85. The molecule has 1 amide bonds. The zero-order valence-corrected chi connectivity index (χ0v) is 13.2. The van der Waals surface area contributed by atoms with Crippen molar-refractivity contribution in [1.82, 2.24) is 14.5 Å². The molecule has 2 heterocycles. The summed E-state index contributed by atoms with van der Waals surface area (Å²) in [6.45, 7) is 3.38. The Morgan fingerprint density at radius 3 is 2.65 bits per heavy atom. The van der Waals surface area contributed by atoms with E-state index in [2.05, 4.69) is 4.98 Å². The van der Waals surface area contributed by atoms with Crippen molar-refractivity contribution in [2.45, 2.75) is 32.4 Å². The number of imidazole rings is 1. The van der Waals surface area contributed by atoms with E-state index >= 15 is 0 Å². The molecule has 0 radical (unpaired) electrons. The second-order valence-corrected chi connectivity index (χ2v) is 5.69. The van der Waals surface area contributed by atoms with Crippen LogP contribution < -0.4 is 0 Å². The minimum absolute atomic E-state index is 0.0796. The molecule has 0 aliphatic carbocycles. The molecule has 23 heavy (non-hydrogen) atoms. The molecular formula is C18H21N3O2. The van der Waals surface area contributed by atoms with Crippen molar-refractivity contribution in [3.63, 3.8) is 0 Å². The van der Waals surface area contributed by atoms with E-state index < -0.39 is 0 Å². The van der Waals surface area contributed by atoms with Gasteiger partial charge in [-0.25, -0.2) is 4.98 Å². The number of nitrogens with zero attached hydrogens (tertiary/aromatic N) is 3. The maximum atomic E-state index is 12.4. The van der Waals surface area contributed by atoms with Crippen LogP contribution in [0, 0.1) is 0 Å². The Morgan fingerprint density at radius 1 is 1.22 bits per heavy atom. The van der Waals surface area contributed by atoms with Gasteiger partial charge in [-0.1, -0.05) is 37.3 Å². The lowest BCUT2D eigenvalue weighted by Gasteiger charge is -2.27. The molecule has 1 unspecified atom stereocenters. The van der Waals surface area contributed by atoms with Crippen molar-refractivity contribution in [3.8, 4) is 0 Å². The Bertz CT molecular complexity index is 692. The first-order valence-corrected chi connectivity index (χ1v) is 7.96. The third kappa shape index (κ3) is 2.99. The highest BCUT2D eigenvalue weighted by molar-refractivity contribution is 5.95. The van der Waals surface area contributed by atoms with Crippen LogP contribution in [0.1, 0.15) is 31.4 Å². The first kappa shape index (κ1) is 15.3. The fourth-order valence-electron chi connectivity index (χ4n) is 3.16. The summed E-state index contributed by atoms with van der Waals surface area (Å²) < 4.78 is 1.99. The van der Waals surface area contributed by atoms with Crippen LogP contribution in [-0.4, -0.2) is 32.0 Å². The number of rotatable bonds is 6. The van der Waals surface area contributed by atoms with Crippen LogP contribution in [0.5, 0.6) is 0 Å². The molecule has 120 valence electrons. The lowest BCUT2D eigenvalue weighted by molar-refractivity contribution is -0.129. The molecule has 1 aliphatic rings. The molecule has 0 bridgehead atoms. The van der Waals surface area contributed by atoms with Crippen LogP contribution in [0.3, 0.4) is 0 Å². The lowest BCUT2D eigenvalue weighted by atomic mass is 9.97. The number of carbonyl (C=O) groups excluding carboxylic acids is 1. The van der Waals surface area contributed by atoms with Crippen molar-refractivity contribution in [1.29, 1.82) is 0 Å². The Balaban J connectivity index is 1.78. The number of aryl methyl sites for hydroxylation is 1. The monoisotopic (exact) mass is 311 g/mol. The highest BCUT2D eigenvalue weighted by Crippen LogP contribution is 2.38. The molecular weight excluding hydrogens is 290 g/mol. The Morgan fingerprint density at radius 2 is 2.00 bits per heavy atom. The van der Waals surface area contributed by atoms with Crippen LogP contribution in [0.15, 0.2) is 60.4 Å². The molecule has 5 nitrogen and oxygen atoms in total. The van der Waals surface area contributed by atoms with Crippen molar-refractivity contribution < 1.29 is 9.90 Å². The molecule has 0 fully saturated rings. The van der Waals surface area contributed by atoms with Crippen molar-refractivity contribution in [2.24, 2.45) is 0 Å². The van der Waals surface area contributed by atoms with Crippen molar-refractivity contribution >= 4 is 5.91 Å². The quantitative estimate of drug-likeness (QED) is 0.892. The number of benzene rings is 1. The first-order valence-electron chi connectivity index (χ1n) is 7.96. The molecule has 1 N–H and O–H groups in total. The molecule has 1 atom stereocenters. The predicted octanol–water partition coefficient (Wildman–Crippen LogP) is 3.08. The number of aliphatic hydroxyl groups is 1. The van der Waals surface area contributed by atoms with Crippen LogP contribution in [0.4, 0.5) is 0 Å². The highest BCUT2D eigenvalue weighted by atomic mass is 16.3. The smallest absolute Gasteiger partial charge is 0.289 e. The maximum absolute atomic E-state index is 12.4. The van der Waals surface area contributed by atoms with E-state index in [4.69, 9.17) is 0 Å². The summed E-state index contributed by atoms with van der Waals surface area (Å²) in [6.07, 6.45) is 6.91. The molecule has 2 aromatic rings. The molecule has 3 rings (SSSR count). The van der Waals surface area contributed by atoms with Gasteiger partial charge < -0.3 is 14.6 Å². The van der Waals surface area contributed by atoms with Gasteiger partial charge >= 0.3 is 0 Å². The van der Waals surface area contributed by atoms with Gasteiger partial charge in [-0.15, -0.1) is 0 Å². The summed E-state index contributed by atoms with van der Waals surface area (Å²) in [5.74, 6) is -0.342. The fourth-order valence-corrected chi connectivity index (χ4v) is 3.16. The summed E-state index contributed by atoms with van der Waals surface area (Å²) in [7, 11) is 0. The number of aromatic nitrogens is 2. The standard InChI is InChI=1S/C18H21N3O2/c1-2-15-16(14-7-4-3-5-8-14)21(18(23)17(15)22)11-6-10-20-12-9-19-13-20/h3-5,7-9,12-13,16,22H,2,6,10-11H2,1H3. The second kappa shape index (κ2) is 6.69. The minimum Gasteiger partial charge on any atom is -0.503 e. The van der Waals surface area contributed by atoms with Gasteiger partial charge in [0.1, 0.15) is 0 Å². The van der Waals surface area contributed by atoms with Crippen LogP contribution in [0.25, 0.3) is 0 Å². The number of carbonyl (C=O) groups is 1. The topological polar surface area (TPSA) is 58.4 Å². The summed E-state index contributed by atoms with van der Waals surface area (Å²) in [5, 5.41) is 10.2. The molecule has 0 saturated heterocycles. The third-order valence-electron chi connectivity index (χ3n) is 4.28. The van der Waals surface area contributed by atoms with E-state index in [0.29, 0.717) is 13.0 Å². The molecule has 1 aromatic carbocycles. The van der Waals surface area contributed by atoms with Crippen LogP contribution in [0.2, 0.25) is 0 Å². The average molecular weight is 311 g/mol. The highest BCUT2D eigenvalue weighted by Gasteiger charge is 2.38. The van der Waals surface area contributed by atoms with Gasteiger partial charge in [0.05, 0.1) is 12.4 Å². The largest absolute Gasteiger partial charge is 0.503 e. The van der Waals surface area contributed by atoms with Gasteiger partial charge in [0.25, 0.3) is 5.91 Å². The molecule has 1 aliphatic heterocycles. The Hall–Kier alpha value is -2.56. The normalized spacial score (nSPS) is 18.0. The fraction of sp³-hybridized carbons (Fsp3) is 0.333. The molecule has 1 aromatic heterocycles. The van der Waals surface area contributed by atoms with Crippen molar-refractivity contribution in [3.05, 3.63) is 65.9 Å².